The second-order valence-corrected chi connectivity index (χ2v) is 8.47. The Morgan fingerprint density at radius 1 is 1.19 bits per heavy atom. The van der Waals surface area contributed by atoms with Crippen LogP contribution in [-0.4, -0.2) is 31.8 Å². The SMILES string of the molecule is N#Cc1c(Br)cccc1S(=O)(=O)N[C@@H]1CCN(Cc2ccccc2)C1=O. The number of hydrogen-bond donors (Lipinski definition) is 1. The maximum atomic E-state index is 12.7. The van der Waals surface area contributed by atoms with E-state index in [1.54, 1.807) is 11.0 Å². The van der Waals surface area contributed by atoms with Gasteiger partial charge in [0.15, 0.2) is 0 Å². The molecule has 0 saturated carbocycles. The van der Waals surface area contributed by atoms with Crippen LogP contribution in [0.15, 0.2) is 57.9 Å². The number of amides is 1. The van der Waals surface area contributed by atoms with Crippen LogP contribution in [-0.2, 0) is 21.4 Å². The van der Waals surface area contributed by atoms with Gasteiger partial charge in [-0.25, -0.2) is 8.42 Å². The third-order valence-corrected chi connectivity index (χ3v) is 6.36. The highest BCUT2D eigenvalue weighted by molar-refractivity contribution is 9.10. The van der Waals surface area contributed by atoms with Gasteiger partial charge in [0.2, 0.25) is 15.9 Å². The molecule has 1 fully saturated rings. The van der Waals surface area contributed by atoms with Gasteiger partial charge >= 0.3 is 0 Å². The van der Waals surface area contributed by atoms with Gasteiger partial charge in [0.05, 0.1) is 5.56 Å². The van der Waals surface area contributed by atoms with E-state index in [9.17, 15) is 18.5 Å². The van der Waals surface area contributed by atoms with E-state index in [1.165, 1.54) is 12.1 Å². The summed E-state index contributed by atoms with van der Waals surface area (Å²) >= 11 is 3.18. The van der Waals surface area contributed by atoms with Gasteiger partial charge in [-0.05, 0) is 40.0 Å². The van der Waals surface area contributed by atoms with Gasteiger partial charge in [-0.3, -0.25) is 4.79 Å². The zero-order valence-electron chi connectivity index (χ0n) is 13.7. The van der Waals surface area contributed by atoms with E-state index < -0.39 is 16.1 Å². The fraction of sp³-hybridized carbons (Fsp3) is 0.222. The molecular weight excluding hydrogens is 418 g/mol. The Labute approximate surface area is 160 Å². The van der Waals surface area contributed by atoms with Crippen LogP contribution in [0.4, 0.5) is 0 Å². The van der Waals surface area contributed by atoms with Crippen LogP contribution in [0.3, 0.4) is 0 Å². The molecule has 1 atom stereocenters. The highest BCUT2D eigenvalue weighted by Crippen LogP contribution is 2.25. The number of nitrogens with zero attached hydrogens (tertiary/aromatic N) is 2. The second-order valence-electron chi connectivity index (χ2n) is 5.93. The Balaban J connectivity index is 1.76. The van der Waals surface area contributed by atoms with E-state index in [1.807, 2.05) is 36.4 Å². The standard InChI is InChI=1S/C18H16BrN3O3S/c19-15-7-4-8-17(14(15)11-20)26(24,25)21-16-9-10-22(18(16)23)12-13-5-2-1-3-6-13/h1-8,16,21H,9-10,12H2/t16-/m1/s1. The van der Waals surface area contributed by atoms with Crippen LogP contribution >= 0.6 is 15.9 Å². The Kier molecular flexibility index (Phi) is 5.41. The first-order valence-corrected chi connectivity index (χ1v) is 10.2. The number of benzene rings is 2. The zero-order chi connectivity index (χ0) is 18.7. The van der Waals surface area contributed by atoms with Crippen molar-refractivity contribution in [2.24, 2.45) is 0 Å². The maximum Gasteiger partial charge on any atom is 0.242 e. The number of rotatable bonds is 5. The topological polar surface area (TPSA) is 90.3 Å². The molecule has 0 aromatic heterocycles. The summed E-state index contributed by atoms with van der Waals surface area (Å²) in [5.41, 5.74) is 1.01. The van der Waals surface area contributed by atoms with Crippen molar-refractivity contribution in [1.29, 1.82) is 5.26 Å². The molecule has 6 nitrogen and oxygen atoms in total. The van der Waals surface area contributed by atoms with Crippen LogP contribution in [0.25, 0.3) is 0 Å². The smallest absolute Gasteiger partial charge is 0.242 e. The van der Waals surface area contributed by atoms with Crippen molar-refractivity contribution in [2.45, 2.75) is 23.9 Å². The lowest BCUT2D eigenvalue weighted by Crippen LogP contribution is -2.41. The fourth-order valence-corrected chi connectivity index (χ4v) is 4.88. The molecule has 1 N–H and O–H groups in total. The molecule has 1 heterocycles. The van der Waals surface area contributed by atoms with Gasteiger partial charge in [0.25, 0.3) is 0 Å². The van der Waals surface area contributed by atoms with Crippen molar-refractivity contribution in [3.05, 3.63) is 64.1 Å². The summed E-state index contributed by atoms with van der Waals surface area (Å²) in [6.07, 6.45) is 0.390. The van der Waals surface area contributed by atoms with Gasteiger partial charge in [-0.15, -0.1) is 0 Å². The molecule has 8 heteroatoms. The predicted molar refractivity (Wildman–Crippen MR) is 99.4 cm³/mol. The van der Waals surface area contributed by atoms with Gasteiger partial charge in [0.1, 0.15) is 17.0 Å². The number of sulfonamides is 1. The lowest BCUT2D eigenvalue weighted by molar-refractivity contribution is -0.129. The lowest BCUT2D eigenvalue weighted by Gasteiger charge is -2.17. The minimum atomic E-state index is -3.99. The number of carbonyl (C=O) groups excluding carboxylic acids is 1. The second kappa shape index (κ2) is 7.58. The highest BCUT2D eigenvalue weighted by atomic mass is 79.9. The van der Waals surface area contributed by atoms with Crippen LogP contribution < -0.4 is 4.72 Å². The molecule has 1 aliphatic rings. The van der Waals surface area contributed by atoms with Gasteiger partial charge < -0.3 is 4.90 Å². The van der Waals surface area contributed by atoms with Gasteiger partial charge in [0, 0.05) is 17.6 Å². The van der Waals surface area contributed by atoms with E-state index in [2.05, 4.69) is 20.7 Å². The minimum Gasteiger partial charge on any atom is -0.337 e. The first-order valence-electron chi connectivity index (χ1n) is 7.96. The molecule has 1 aliphatic heterocycles. The van der Waals surface area contributed by atoms with E-state index in [-0.39, 0.29) is 16.4 Å². The van der Waals surface area contributed by atoms with Crippen molar-refractivity contribution < 1.29 is 13.2 Å². The van der Waals surface area contributed by atoms with Gasteiger partial charge in [-0.1, -0.05) is 36.4 Å². The molecular formula is C18H16BrN3O3S. The van der Waals surface area contributed by atoms with E-state index >= 15 is 0 Å². The van der Waals surface area contributed by atoms with E-state index in [0.717, 1.165) is 5.56 Å². The zero-order valence-corrected chi connectivity index (χ0v) is 16.1. The predicted octanol–water partition coefficient (Wildman–Crippen LogP) is 2.40. The quantitative estimate of drug-likeness (QED) is 0.783. The van der Waals surface area contributed by atoms with Crippen molar-refractivity contribution in [3.63, 3.8) is 0 Å². The molecule has 1 saturated heterocycles. The average molecular weight is 434 g/mol. The third kappa shape index (κ3) is 3.80. The molecule has 0 unspecified atom stereocenters. The minimum absolute atomic E-state index is 0.0200. The van der Waals surface area contributed by atoms with Crippen molar-refractivity contribution in [1.82, 2.24) is 9.62 Å². The lowest BCUT2D eigenvalue weighted by atomic mass is 10.2. The van der Waals surface area contributed by atoms with E-state index in [4.69, 9.17) is 0 Å². The summed E-state index contributed by atoms with van der Waals surface area (Å²) in [4.78, 5) is 14.1. The molecule has 1 amide bonds. The molecule has 134 valence electrons. The first-order chi connectivity index (χ1) is 12.4. The summed E-state index contributed by atoms with van der Waals surface area (Å²) in [5.74, 6) is -0.258. The van der Waals surface area contributed by atoms with Crippen LogP contribution in [0.2, 0.25) is 0 Å². The number of hydrogen-bond acceptors (Lipinski definition) is 4. The summed E-state index contributed by atoms with van der Waals surface area (Å²) in [7, 11) is -3.99. The molecule has 0 bridgehead atoms. The summed E-state index contributed by atoms with van der Waals surface area (Å²) in [6, 6.07) is 15.1. The molecule has 3 rings (SSSR count). The van der Waals surface area contributed by atoms with Gasteiger partial charge in [-0.2, -0.15) is 9.98 Å². The van der Waals surface area contributed by atoms with Crippen molar-refractivity contribution in [2.75, 3.05) is 6.54 Å². The number of nitriles is 1. The van der Waals surface area contributed by atoms with Crippen LogP contribution in [0.5, 0.6) is 0 Å². The Morgan fingerprint density at radius 3 is 2.62 bits per heavy atom. The Bertz CT molecular complexity index is 971. The Morgan fingerprint density at radius 2 is 1.92 bits per heavy atom. The third-order valence-electron chi connectivity index (χ3n) is 4.19. The molecule has 2 aromatic rings. The fourth-order valence-electron chi connectivity index (χ4n) is 2.90. The average Bonchev–Trinajstić information content (AvgIpc) is 2.95. The monoisotopic (exact) mass is 433 g/mol. The van der Waals surface area contributed by atoms with Crippen molar-refractivity contribution in [3.8, 4) is 6.07 Å². The normalized spacial score (nSPS) is 17.3. The van der Waals surface area contributed by atoms with Crippen molar-refractivity contribution >= 4 is 31.9 Å². The molecule has 2 aromatic carbocycles. The van der Waals surface area contributed by atoms with Crippen LogP contribution in [0.1, 0.15) is 17.5 Å². The number of halogens is 1. The summed E-state index contributed by atoms with van der Waals surface area (Å²) in [6.45, 7) is 0.919. The Hall–Kier alpha value is -2.21. The summed E-state index contributed by atoms with van der Waals surface area (Å²) in [5, 5.41) is 9.23. The highest BCUT2D eigenvalue weighted by Gasteiger charge is 2.35. The first kappa shape index (κ1) is 18.6. The van der Waals surface area contributed by atoms with E-state index in [0.29, 0.717) is 24.0 Å². The molecule has 0 aliphatic carbocycles. The number of likely N-dealkylation sites (tertiary alicyclic amines) is 1. The maximum absolute atomic E-state index is 12.7. The number of nitrogens with one attached hydrogen (secondary N) is 1. The summed E-state index contributed by atoms with van der Waals surface area (Å²) < 4.78 is 28.2. The molecule has 0 spiro atoms. The largest absolute Gasteiger partial charge is 0.337 e. The molecule has 26 heavy (non-hydrogen) atoms. The van der Waals surface area contributed by atoms with Crippen LogP contribution in [0, 0.1) is 11.3 Å². The molecule has 0 radical (unpaired) electrons. The number of carbonyl (C=O) groups is 1.